The number of carbonyl (C=O) groups excluding carboxylic acids is 1. The number of sulfonamides is 1. The van der Waals surface area contributed by atoms with Gasteiger partial charge in [0.25, 0.3) is 0 Å². The highest BCUT2D eigenvalue weighted by molar-refractivity contribution is 7.90. The van der Waals surface area contributed by atoms with E-state index in [1.165, 1.54) is 4.31 Å². The lowest BCUT2D eigenvalue weighted by molar-refractivity contribution is -0.127. The molecule has 1 aliphatic carbocycles. The first-order valence-corrected chi connectivity index (χ1v) is 9.09. The fourth-order valence-electron chi connectivity index (χ4n) is 2.58. The zero-order chi connectivity index (χ0) is 15.6. The summed E-state index contributed by atoms with van der Waals surface area (Å²) in [4.78, 5) is 13.9. The van der Waals surface area contributed by atoms with Crippen LogP contribution in [0.4, 0.5) is 0 Å². The van der Waals surface area contributed by atoms with Crippen LogP contribution in [-0.4, -0.2) is 55.0 Å². The van der Waals surface area contributed by atoms with Gasteiger partial charge in [-0.05, 0) is 24.5 Å². The molecule has 1 saturated carbocycles. The van der Waals surface area contributed by atoms with Crippen LogP contribution in [0.5, 0.6) is 0 Å². The SMILES string of the molecule is O=C(/C=C/c1ccccc1)N1CCN(S(=O)(=O)C2CC2)CC1. The maximum Gasteiger partial charge on any atom is 0.246 e. The number of hydrogen-bond acceptors (Lipinski definition) is 3. The Morgan fingerprint density at radius 1 is 1.05 bits per heavy atom. The molecule has 0 bridgehead atoms. The van der Waals surface area contributed by atoms with E-state index < -0.39 is 10.0 Å². The first kappa shape index (κ1) is 15.2. The van der Waals surface area contributed by atoms with Gasteiger partial charge in [-0.25, -0.2) is 8.42 Å². The molecule has 1 aliphatic heterocycles. The third-order valence-electron chi connectivity index (χ3n) is 4.07. The van der Waals surface area contributed by atoms with E-state index in [0.29, 0.717) is 26.2 Å². The van der Waals surface area contributed by atoms with Gasteiger partial charge in [-0.2, -0.15) is 4.31 Å². The van der Waals surface area contributed by atoms with Gasteiger partial charge in [0, 0.05) is 32.3 Å². The van der Waals surface area contributed by atoms with Gasteiger partial charge < -0.3 is 4.90 Å². The number of amides is 1. The van der Waals surface area contributed by atoms with Crippen LogP contribution >= 0.6 is 0 Å². The lowest BCUT2D eigenvalue weighted by Crippen LogP contribution is -2.50. The van der Waals surface area contributed by atoms with Gasteiger partial charge in [0.15, 0.2) is 0 Å². The summed E-state index contributed by atoms with van der Waals surface area (Å²) in [5, 5.41) is -0.173. The van der Waals surface area contributed by atoms with E-state index in [-0.39, 0.29) is 11.2 Å². The molecule has 1 amide bonds. The Bertz CT molecular complexity index is 658. The molecule has 0 N–H and O–H groups in total. The van der Waals surface area contributed by atoms with Crippen molar-refractivity contribution in [2.24, 2.45) is 0 Å². The van der Waals surface area contributed by atoms with E-state index in [1.54, 1.807) is 17.1 Å². The number of rotatable bonds is 4. The summed E-state index contributed by atoms with van der Waals surface area (Å²) in [5.74, 6) is -0.0627. The summed E-state index contributed by atoms with van der Waals surface area (Å²) in [6, 6.07) is 9.64. The zero-order valence-corrected chi connectivity index (χ0v) is 13.2. The molecule has 0 radical (unpaired) electrons. The monoisotopic (exact) mass is 320 g/mol. The van der Waals surface area contributed by atoms with Crippen molar-refractivity contribution in [3.8, 4) is 0 Å². The van der Waals surface area contributed by atoms with Crippen molar-refractivity contribution < 1.29 is 13.2 Å². The van der Waals surface area contributed by atoms with Crippen LogP contribution in [-0.2, 0) is 14.8 Å². The quantitative estimate of drug-likeness (QED) is 0.787. The molecule has 6 heteroatoms. The third-order valence-corrected chi connectivity index (χ3v) is 6.47. The van der Waals surface area contributed by atoms with E-state index in [0.717, 1.165) is 18.4 Å². The molecule has 2 fully saturated rings. The summed E-state index contributed by atoms with van der Waals surface area (Å²) < 4.78 is 25.8. The molecule has 3 rings (SSSR count). The third kappa shape index (κ3) is 3.39. The van der Waals surface area contributed by atoms with Crippen LogP contribution in [0.3, 0.4) is 0 Å². The Morgan fingerprint density at radius 3 is 2.27 bits per heavy atom. The minimum absolute atomic E-state index is 0.0627. The maximum atomic E-state index is 12.1. The van der Waals surface area contributed by atoms with E-state index in [9.17, 15) is 13.2 Å². The average molecular weight is 320 g/mol. The molecule has 0 unspecified atom stereocenters. The van der Waals surface area contributed by atoms with E-state index in [2.05, 4.69) is 0 Å². The van der Waals surface area contributed by atoms with E-state index in [4.69, 9.17) is 0 Å². The van der Waals surface area contributed by atoms with Crippen LogP contribution in [0, 0.1) is 0 Å². The molecule has 0 aromatic heterocycles. The highest BCUT2D eigenvalue weighted by atomic mass is 32.2. The zero-order valence-electron chi connectivity index (χ0n) is 12.4. The van der Waals surface area contributed by atoms with Gasteiger partial charge in [-0.1, -0.05) is 30.3 Å². The molecule has 2 aliphatic rings. The fraction of sp³-hybridized carbons (Fsp3) is 0.438. The number of hydrogen-bond donors (Lipinski definition) is 0. The number of piperazine rings is 1. The van der Waals surface area contributed by atoms with Crippen LogP contribution in [0.25, 0.3) is 6.08 Å². The molecule has 0 atom stereocenters. The Hall–Kier alpha value is -1.66. The topological polar surface area (TPSA) is 57.7 Å². The van der Waals surface area contributed by atoms with Crippen molar-refractivity contribution in [2.45, 2.75) is 18.1 Å². The molecule has 1 aromatic rings. The largest absolute Gasteiger partial charge is 0.337 e. The highest BCUT2D eigenvalue weighted by Gasteiger charge is 2.41. The van der Waals surface area contributed by atoms with Gasteiger partial charge >= 0.3 is 0 Å². The lowest BCUT2D eigenvalue weighted by atomic mass is 10.2. The predicted octanol–water partition coefficient (Wildman–Crippen LogP) is 1.34. The minimum Gasteiger partial charge on any atom is -0.337 e. The smallest absolute Gasteiger partial charge is 0.246 e. The van der Waals surface area contributed by atoms with Crippen molar-refractivity contribution in [3.05, 3.63) is 42.0 Å². The Balaban J connectivity index is 1.55. The van der Waals surface area contributed by atoms with Crippen molar-refractivity contribution in [3.63, 3.8) is 0 Å². The molecule has 1 aromatic carbocycles. The van der Waals surface area contributed by atoms with E-state index in [1.807, 2.05) is 30.3 Å². The van der Waals surface area contributed by atoms with Gasteiger partial charge in [0.05, 0.1) is 5.25 Å². The van der Waals surface area contributed by atoms with Crippen LogP contribution in [0.2, 0.25) is 0 Å². The van der Waals surface area contributed by atoms with Gasteiger partial charge in [-0.3, -0.25) is 4.79 Å². The highest BCUT2D eigenvalue weighted by Crippen LogP contribution is 2.31. The summed E-state index contributed by atoms with van der Waals surface area (Å²) in [5.41, 5.74) is 0.978. The Morgan fingerprint density at radius 2 is 1.68 bits per heavy atom. The van der Waals surface area contributed by atoms with Crippen molar-refractivity contribution in [1.29, 1.82) is 0 Å². The van der Waals surface area contributed by atoms with Crippen LogP contribution < -0.4 is 0 Å². The Labute approximate surface area is 131 Å². The van der Waals surface area contributed by atoms with Gasteiger partial charge in [-0.15, -0.1) is 0 Å². The van der Waals surface area contributed by atoms with Gasteiger partial charge in [0.2, 0.25) is 15.9 Å². The standard InChI is InChI=1S/C16H20N2O3S/c19-16(9-6-14-4-2-1-3-5-14)17-10-12-18(13-11-17)22(20,21)15-7-8-15/h1-6,9,15H,7-8,10-13H2/b9-6+. The summed E-state index contributed by atoms with van der Waals surface area (Å²) in [7, 11) is -3.12. The molecule has 0 spiro atoms. The molecular formula is C16H20N2O3S. The second-order valence-corrected chi connectivity index (χ2v) is 7.93. The summed E-state index contributed by atoms with van der Waals surface area (Å²) in [6.07, 6.45) is 4.90. The molecule has 1 saturated heterocycles. The lowest BCUT2D eigenvalue weighted by Gasteiger charge is -2.33. The predicted molar refractivity (Wildman–Crippen MR) is 85.6 cm³/mol. The van der Waals surface area contributed by atoms with Crippen molar-refractivity contribution in [1.82, 2.24) is 9.21 Å². The fourth-order valence-corrected chi connectivity index (χ4v) is 4.40. The second kappa shape index (κ2) is 6.22. The molecule has 22 heavy (non-hydrogen) atoms. The first-order valence-electron chi connectivity index (χ1n) is 7.58. The van der Waals surface area contributed by atoms with Crippen molar-refractivity contribution in [2.75, 3.05) is 26.2 Å². The average Bonchev–Trinajstić information content (AvgIpc) is 3.39. The van der Waals surface area contributed by atoms with Crippen molar-refractivity contribution >= 4 is 22.0 Å². The molecular weight excluding hydrogens is 300 g/mol. The van der Waals surface area contributed by atoms with Gasteiger partial charge in [0.1, 0.15) is 0 Å². The number of nitrogens with zero attached hydrogens (tertiary/aromatic N) is 2. The molecule has 118 valence electrons. The maximum absolute atomic E-state index is 12.1. The minimum atomic E-state index is -3.12. The van der Waals surface area contributed by atoms with Crippen LogP contribution in [0.1, 0.15) is 18.4 Å². The summed E-state index contributed by atoms with van der Waals surface area (Å²) >= 11 is 0. The second-order valence-electron chi connectivity index (χ2n) is 5.71. The number of carbonyl (C=O) groups is 1. The van der Waals surface area contributed by atoms with Crippen LogP contribution in [0.15, 0.2) is 36.4 Å². The van der Waals surface area contributed by atoms with E-state index >= 15 is 0 Å². The molecule has 1 heterocycles. The summed E-state index contributed by atoms with van der Waals surface area (Å²) in [6.45, 7) is 1.74. The normalized spacial score (nSPS) is 20.5. The Kier molecular flexibility index (Phi) is 4.31. The number of benzene rings is 1. The first-order chi connectivity index (χ1) is 10.6. The molecule has 5 nitrogen and oxygen atoms in total.